The van der Waals surface area contributed by atoms with E-state index < -0.39 is 5.79 Å². The van der Waals surface area contributed by atoms with Crippen LogP contribution in [-0.4, -0.2) is 11.1 Å². The molecule has 0 saturated heterocycles. The molecule has 82 valence electrons. The van der Waals surface area contributed by atoms with Crippen molar-refractivity contribution in [2.75, 3.05) is 5.33 Å². The molecular formula is C12H15BrO2. The quantitative estimate of drug-likeness (QED) is 0.768. The lowest BCUT2D eigenvalue weighted by Gasteiger charge is -2.32. The van der Waals surface area contributed by atoms with Crippen LogP contribution >= 0.6 is 15.9 Å². The lowest BCUT2D eigenvalue weighted by Crippen LogP contribution is -2.35. The Morgan fingerprint density at radius 1 is 1.40 bits per heavy atom. The Balaban J connectivity index is 2.24. The Morgan fingerprint density at radius 2 is 2.20 bits per heavy atom. The predicted molar refractivity (Wildman–Crippen MR) is 63.4 cm³/mol. The fraction of sp³-hybridized carbons (Fsp3) is 0.500. The SMILES string of the molecule is CC1(C)OCc2cc(CCBr)ccc2O1. The van der Waals surface area contributed by atoms with Gasteiger partial charge in [-0.25, -0.2) is 0 Å². The normalized spacial score (nSPS) is 18.1. The number of hydrogen-bond donors (Lipinski definition) is 0. The fourth-order valence-electron chi connectivity index (χ4n) is 1.66. The van der Waals surface area contributed by atoms with Crippen LogP contribution in [0.5, 0.6) is 5.75 Å². The van der Waals surface area contributed by atoms with Crippen molar-refractivity contribution in [1.29, 1.82) is 0 Å². The average Bonchev–Trinajstić information content (AvgIpc) is 2.18. The van der Waals surface area contributed by atoms with E-state index in [0.717, 1.165) is 23.1 Å². The predicted octanol–water partition coefficient (Wildman–Crippen LogP) is 3.27. The van der Waals surface area contributed by atoms with Gasteiger partial charge in [0.2, 0.25) is 5.79 Å². The molecule has 1 aromatic carbocycles. The second kappa shape index (κ2) is 4.14. The van der Waals surface area contributed by atoms with Crippen molar-refractivity contribution in [3.63, 3.8) is 0 Å². The largest absolute Gasteiger partial charge is 0.463 e. The minimum Gasteiger partial charge on any atom is -0.463 e. The summed E-state index contributed by atoms with van der Waals surface area (Å²) < 4.78 is 11.3. The van der Waals surface area contributed by atoms with E-state index >= 15 is 0 Å². The molecule has 0 radical (unpaired) electrons. The molecule has 0 spiro atoms. The van der Waals surface area contributed by atoms with E-state index in [4.69, 9.17) is 9.47 Å². The summed E-state index contributed by atoms with van der Waals surface area (Å²) >= 11 is 3.44. The van der Waals surface area contributed by atoms with Crippen LogP contribution < -0.4 is 4.74 Å². The van der Waals surface area contributed by atoms with Crippen LogP contribution in [0.4, 0.5) is 0 Å². The molecule has 0 saturated carbocycles. The van der Waals surface area contributed by atoms with Crippen LogP contribution in [0.25, 0.3) is 0 Å². The van der Waals surface area contributed by atoms with E-state index in [1.807, 2.05) is 19.9 Å². The Morgan fingerprint density at radius 3 is 2.93 bits per heavy atom. The maximum Gasteiger partial charge on any atom is 0.205 e. The summed E-state index contributed by atoms with van der Waals surface area (Å²) in [6.45, 7) is 4.50. The topological polar surface area (TPSA) is 18.5 Å². The second-order valence-corrected chi connectivity index (χ2v) is 4.96. The monoisotopic (exact) mass is 270 g/mol. The van der Waals surface area contributed by atoms with Crippen molar-refractivity contribution in [1.82, 2.24) is 0 Å². The molecule has 1 aliphatic heterocycles. The Labute approximate surface area is 98.7 Å². The van der Waals surface area contributed by atoms with Gasteiger partial charge in [0.25, 0.3) is 0 Å². The summed E-state index contributed by atoms with van der Waals surface area (Å²) in [6.07, 6.45) is 1.04. The standard InChI is InChI=1S/C12H15BrO2/c1-12(2)14-8-10-7-9(5-6-13)3-4-11(10)15-12/h3-4,7H,5-6,8H2,1-2H3. The highest BCUT2D eigenvalue weighted by molar-refractivity contribution is 9.09. The van der Waals surface area contributed by atoms with E-state index in [9.17, 15) is 0 Å². The van der Waals surface area contributed by atoms with Gasteiger partial charge in [-0.15, -0.1) is 0 Å². The Hall–Kier alpha value is -0.540. The van der Waals surface area contributed by atoms with E-state index in [0.29, 0.717) is 6.61 Å². The van der Waals surface area contributed by atoms with Gasteiger partial charge >= 0.3 is 0 Å². The minimum absolute atomic E-state index is 0.496. The highest BCUT2D eigenvalue weighted by Gasteiger charge is 2.26. The van der Waals surface area contributed by atoms with Gasteiger partial charge in [-0.05, 0) is 24.1 Å². The fourth-order valence-corrected chi connectivity index (χ4v) is 2.11. The number of benzene rings is 1. The summed E-state index contributed by atoms with van der Waals surface area (Å²) in [6, 6.07) is 6.31. The zero-order chi connectivity index (χ0) is 10.9. The third kappa shape index (κ3) is 2.52. The van der Waals surface area contributed by atoms with E-state index in [1.165, 1.54) is 5.56 Å². The number of hydrogen-bond acceptors (Lipinski definition) is 2. The van der Waals surface area contributed by atoms with E-state index in [-0.39, 0.29) is 0 Å². The summed E-state index contributed by atoms with van der Waals surface area (Å²) in [5.74, 6) is 0.453. The summed E-state index contributed by atoms with van der Waals surface area (Å²) in [4.78, 5) is 0. The number of rotatable bonds is 2. The molecule has 0 atom stereocenters. The van der Waals surface area contributed by atoms with Gasteiger partial charge in [0.05, 0.1) is 6.61 Å². The Kier molecular flexibility index (Phi) is 3.03. The molecule has 0 fully saturated rings. The second-order valence-electron chi connectivity index (χ2n) is 4.17. The molecule has 0 amide bonds. The minimum atomic E-state index is -0.496. The number of halogens is 1. The molecular weight excluding hydrogens is 256 g/mol. The molecule has 1 aliphatic rings. The van der Waals surface area contributed by atoms with Crippen molar-refractivity contribution in [2.45, 2.75) is 32.7 Å². The van der Waals surface area contributed by atoms with Crippen LogP contribution in [-0.2, 0) is 17.8 Å². The van der Waals surface area contributed by atoms with Crippen molar-refractivity contribution < 1.29 is 9.47 Å². The third-order valence-electron chi connectivity index (χ3n) is 2.44. The zero-order valence-electron chi connectivity index (χ0n) is 9.05. The first kappa shape index (κ1) is 11.0. The average molecular weight is 271 g/mol. The van der Waals surface area contributed by atoms with Gasteiger partial charge in [0.1, 0.15) is 5.75 Å². The summed E-state index contributed by atoms with van der Waals surface area (Å²) in [5, 5.41) is 0.985. The molecule has 0 bridgehead atoms. The van der Waals surface area contributed by atoms with Gasteiger partial charge in [-0.3, -0.25) is 0 Å². The van der Waals surface area contributed by atoms with E-state index in [2.05, 4.69) is 28.1 Å². The van der Waals surface area contributed by atoms with Gasteiger partial charge in [0, 0.05) is 24.7 Å². The summed E-state index contributed by atoms with van der Waals surface area (Å²) in [7, 11) is 0. The van der Waals surface area contributed by atoms with Crippen molar-refractivity contribution in [3.8, 4) is 5.75 Å². The van der Waals surface area contributed by atoms with Crippen LogP contribution in [0.1, 0.15) is 25.0 Å². The van der Waals surface area contributed by atoms with Crippen LogP contribution in [0, 0.1) is 0 Å². The molecule has 0 N–H and O–H groups in total. The number of aryl methyl sites for hydroxylation is 1. The highest BCUT2D eigenvalue weighted by Crippen LogP contribution is 2.31. The molecule has 2 rings (SSSR count). The van der Waals surface area contributed by atoms with Gasteiger partial charge in [-0.2, -0.15) is 0 Å². The molecule has 2 nitrogen and oxygen atoms in total. The van der Waals surface area contributed by atoms with Crippen LogP contribution in [0.3, 0.4) is 0 Å². The molecule has 3 heteroatoms. The third-order valence-corrected chi connectivity index (χ3v) is 2.84. The molecule has 0 unspecified atom stereocenters. The molecule has 1 heterocycles. The molecule has 0 aliphatic carbocycles. The number of ether oxygens (including phenoxy) is 2. The number of fused-ring (bicyclic) bond motifs is 1. The van der Waals surface area contributed by atoms with Crippen LogP contribution in [0.15, 0.2) is 18.2 Å². The van der Waals surface area contributed by atoms with Gasteiger partial charge < -0.3 is 9.47 Å². The maximum absolute atomic E-state index is 5.72. The first-order valence-electron chi connectivity index (χ1n) is 5.11. The van der Waals surface area contributed by atoms with Crippen molar-refractivity contribution in [3.05, 3.63) is 29.3 Å². The highest BCUT2D eigenvalue weighted by atomic mass is 79.9. The lowest BCUT2D eigenvalue weighted by atomic mass is 10.1. The first-order valence-corrected chi connectivity index (χ1v) is 6.23. The van der Waals surface area contributed by atoms with Crippen molar-refractivity contribution >= 4 is 15.9 Å². The Bertz CT molecular complexity index is 361. The zero-order valence-corrected chi connectivity index (χ0v) is 10.6. The van der Waals surface area contributed by atoms with Gasteiger partial charge in [-0.1, -0.05) is 22.0 Å². The van der Waals surface area contributed by atoms with Crippen LogP contribution in [0.2, 0.25) is 0 Å². The van der Waals surface area contributed by atoms with Crippen molar-refractivity contribution in [2.24, 2.45) is 0 Å². The number of alkyl halides is 1. The lowest BCUT2D eigenvalue weighted by molar-refractivity contribution is -0.180. The van der Waals surface area contributed by atoms with Gasteiger partial charge in [0.15, 0.2) is 0 Å². The molecule has 0 aromatic heterocycles. The first-order chi connectivity index (χ1) is 7.11. The van der Waals surface area contributed by atoms with E-state index in [1.54, 1.807) is 0 Å². The maximum atomic E-state index is 5.72. The molecule has 15 heavy (non-hydrogen) atoms. The smallest absolute Gasteiger partial charge is 0.205 e. The summed E-state index contributed by atoms with van der Waals surface area (Å²) in [5.41, 5.74) is 2.46. The molecule has 1 aromatic rings.